The smallest absolute Gasteiger partial charge is 0.0210 e. The third-order valence-corrected chi connectivity index (χ3v) is 4.81. The maximum atomic E-state index is 3.70. The molecule has 1 aromatic rings. The maximum absolute atomic E-state index is 3.70. The highest BCUT2D eigenvalue weighted by molar-refractivity contribution is 9.12. The fourth-order valence-electron chi connectivity index (χ4n) is 2.34. The van der Waals surface area contributed by atoms with Gasteiger partial charge in [0.1, 0.15) is 0 Å². The van der Waals surface area contributed by atoms with Gasteiger partial charge in [-0.1, -0.05) is 68.6 Å². The first-order valence-electron chi connectivity index (χ1n) is 7.05. The van der Waals surface area contributed by atoms with Crippen LogP contribution >= 0.6 is 31.9 Å². The van der Waals surface area contributed by atoms with Crippen LogP contribution in [-0.4, -0.2) is 0 Å². The predicted molar refractivity (Wildman–Crippen MR) is 90.8 cm³/mol. The molecule has 0 radical (unpaired) electrons. The molecular weight excluding hydrogens is 364 g/mol. The molecule has 3 rings (SSSR count). The standard InChI is InChI=1S/C17H20Br2/c18-16-9-4-2-1-3-7-14-11-12-15(17(19)13-14)8-5-6-10-16/h6,9-13H,1-5,7-8H2/b10-6+,16-9+. The highest BCUT2D eigenvalue weighted by atomic mass is 79.9. The van der Waals surface area contributed by atoms with Crippen molar-refractivity contribution < 1.29 is 0 Å². The van der Waals surface area contributed by atoms with E-state index in [1.54, 1.807) is 0 Å². The Morgan fingerprint density at radius 2 is 1.79 bits per heavy atom. The van der Waals surface area contributed by atoms with Crippen LogP contribution < -0.4 is 0 Å². The van der Waals surface area contributed by atoms with Gasteiger partial charge in [-0.25, -0.2) is 0 Å². The van der Waals surface area contributed by atoms with Gasteiger partial charge in [0.2, 0.25) is 0 Å². The highest BCUT2D eigenvalue weighted by Gasteiger charge is 2.02. The number of aryl methyl sites for hydroxylation is 2. The Morgan fingerprint density at radius 3 is 2.63 bits per heavy atom. The molecule has 0 heterocycles. The van der Waals surface area contributed by atoms with Gasteiger partial charge in [-0.05, 0) is 55.7 Å². The first-order valence-corrected chi connectivity index (χ1v) is 8.64. The van der Waals surface area contributed by atoms with E-state index < -0.39 is 0 Å². The second kappa shape index (κ2) is 8.06. The lowest BCUT2D eigenvalue weighted by molar-refractivity contribution is 0.686. The number of hydrogen-bond acceptors (Lipinski definition) is 0. The average Bonchev–Trinajstić information content (AvgIpc) is 2.40. The van der Waals surface area contributed by atoms with E-state index in [0.29, 0.717) is 0 Å². The van der Waals surface area contributed by atoms with Crippen LogP contribution in [0.4, 0.5) is 0 Å². The van der Waals surface area contributed by atoms with E-state index in [1.165, 1.54) is 52.2 Å². The van der Waals surface area contributed by atoms with Crippen molar-refractivity contribution in [3.8, 4) is 0 Å². The maximum Gasteiger partial charge on any atom is 0.0210 e. The molecule has 0 aromatic heterocycles. The molecule has 2 bridgehead atoms. The Labute approximate surface area is 133 Å². The van der Waals surface area contributed by atoms with Gasteiger partial charge in [-0.2, -0.15) is 0 Å². The Bertz CT molecular complexity index is 472. The van der Waals surface area contributed by atoms with Gasteiger partial charge >= 0.3 is 0 Å². The molecule has 0 saturated carbocycles. The van der Waals surface area contributed by atoms with Crippen LogP contribution in [0.5, 0.6) is 0 Å². The molecule has 2 aliphatic carbocycles. The summed E-state index contributed by atoms with van der Waals surface area (Å²) in [4.78, 5) is 0. The predicted octanol–water partition coefficient (Wildman–Crippen LogP) is 6.33. The number of fused-ring (bicyclic) bond motifs is 10. The summed E-state index contributed by atoms with van der Waals surface area (Å²) in [7, 11) is 0. The molecule has 0 amide bonds. The molecule has 0 atom stereocenters. The van der Waals surface area contributed by atoms with Crippen molar-refractivity contribution in [2.75, 3.05) is 0 Å². The molecule has 0 fully saturated rings. The van der Waals surface area contributed by atoms with Gasteiger partial charge in [0, 0.05) is 8.96 Å². The molecule has 0 saturated heterocycles. The average molecular weight is 384 g/mol. The highest BCUT2D eigenvalue weighted by Crippen LogP contribution is 2.22. The Kier molecular flexibility index (Phi) is 6.39. The minimum absolute atomic E-state index is 1.08. The molecule has 0 aliphatic heterocycles. The summed E-state index contributed by atoms with van der Waals surface area (Å²) < 4.78 is 2.49. The zero-order valence-electron chi connectivity index (χ0n) is 11.2. The van der Waals surface area contributed by atoms with Crippen molar-refractivity contribution in [1.29, 1.82) is 0 Å². The summed E-state index contributed by atoms with van der Waals surface area (Å²) in [6.07, 6.45) is 15.1. The van der Waals surface area contributed by atoms with Crippen molar-refractivity contribution >= 4 is 31.9 Å². The van der Waals surface area contributed by atoms with Crippen LogP contribution in [0.15, 0.2) is 45.4 Å². The lowest BCUT2D eigenvalue weighted by Crippen LogP contribution is -1.90. The van der Waals surface area contributed by atoms with Crippen LogP contribution in [0.25, 0.3) is 0 Å². The van der Waals surface area contributed by atoms with Crippen molar-refractivity contribution in [3.05, 3.63) is 56.5 Å². The van der Waals surface area contributed by atoms with Crippen LogP contribution in [-0.2, 0) is 12.8 Å². The summed E-state index contributed by atoms with van der Waals surface area (Å²) in [6.45, 7) is 0. The molecular formula is C17H20Br2. The topological polar surface area (TPSA) is 0 Å². The fraction of sp³-hybridized carbons (Fsp3) is 0.412. The van der Waals surface area contributed by atoms with E-state index in [0.717, 1.165) is 12.8 Å². The Hall–Kier alpha value is -0.340. The SMILES string of the molecule is BrC1=C/CCCCCc2ccc(c(Br)c2)CC\C=C\1. The van der Waals surface area contributed by atoms with Crippen molar-refractivity contribution in [3.63, 3.8) is 0 Å². The molecule has 0 N–H and O–H groups in total. The summed E-state index contributed by atoms with van der Waals surface area (Å²) in [5, 5.41) is 0. The number of allylic oxidation sites excluding steroid dienone is 4. The van der Waals surface area contributed by atoms with Crippen LogP contribution in [0, 0.1) is 0 Å². The molecule has 0 spiro atoms. The molecule has 1 aromatic carbocycles. The summed E-state index contributed by atoms with van der Waals surface area (Å²) in [6, 6.07) is 6.86. The Balaban J connectivity index is 2.11. The first kappa shape index (κ1) is 15.1. The second-order valence-corrected chi connectivity index (χ2v) is 6.83. The van der Waals surface area contributed by atoms with Crippen LogP contribution in [0.3, 0.4) is 0 Å². The zero-order valence-corrected chi connectivity index (χ0v) is 14.3. The summed E-state index contributed by atoms with van der Waals surface area (Å²) >= 11 is 7.31. The lowest BCUT2D eigenvalue weighted by atomic mass is 10.0. The number of halogens is 2. The van der Waals surface area contributed by atoms with E-state index in [2.05, 4.69) is 68.3 Å². The van der Waals surface area contributed by atoms with Gasteiger partial charge in [-0.3, -0.25) is 0 Å². The largest absolute Gasteiger partial charge is 0.0831 e. The van der Waals surface area contributed by atoms with E-state index in [4.69, 9.17) is 0 Å². The fourth-order valence-corrected chi connectivity index (χ4v) is 3.38. The minimum atomic E-state index is 1.08. The van der Waals surface area contributed by atoms with Gasteiger partial charge < -0.3 is 0 Å². The third-order valence-electron chi connectivity index (χ3n) is 3.48. The molecule has 19 heavy (non-hydrogen) atoms. The van der Waals surface area contributed by atoms with Crippen molar-refractivity contribution in [2.45, 2.75) is 44.9 Å². The molecule has 2 aliphatic rings. The number of hydrogen-bond donors (Lipinski definition) is 0. The zero-order chi connectivity index (χ0) is 13.5. The molecule has 0 unspecified atom stereocenters. The molecule has 102 valence electrons. The molecule has 2 heteroatoms. The number of benzene rings is 1. The van der Waals surface area contributed by atoms with Gasteiger partial charge in [-0.15, -0.1) is 0 Å². The minimum Gasteiger partial charge on any atom is -0.0831 e. The summed E-state index contributed by atoms with van der Waals surface area (Å²) in [5.41, 5.74) is 2.86. The van der Waals surface area contributed by atoms with Gasteiger partial charge in [0.15, 0.2) is 0 Å². The van der Waals surface area contributed by atoms with Crippen LogP contribution in [0.1, 0.15) is 43.2 Å². The van der Waals surface area contributed by atoms with Gasteiger partial charge in [0.05, 0.1) is 0 Å². The van der Waals surface area contributed by atoms with Crippen molar-refractivity contribution in [1.82, 2.24) is 0 Å². The number of rotatable bonds is 0. The van der Waals surface area contributed by atoms with Gasteiger partial charge in [0.25, 0.3) is 0 Å². The van der Waals surface area contributed by atoms with Crippen LogP contribution in [0.2, 0.25) is 0 Å². The lowest BCUT2D eigenvalue weighted by Gasteiger charge is -2.06. The van der Waals surface area contributed by atoms with Crippen molar-refractivity contribution in [2.24, 2.45) is 0 Å². The summed E-state index contributed by atoms with van der Waals surface area (Å²) in [5.74, 6) is 0. The third kappa shape index (κ3) is 5.27. The monoisotopic (exact) mass is 382 g/mol. The van der Waals surface area contributed by atoms with E-state index in [1.807, 2.05) is 0 Å². The quantitative estimate of drug-likeness (QED) is 0.490. The van der Waals surface area contributed by atoms with E-state index >= 15 is 0 Å². The Morgan fingerprint density at radius 1 is 0.895 bits per heavy atom. The molecule has 0 nitrogen and oxygen atoms in total. The van der Waals surface area contributed by atoms with E-state index in [9.17, 15) is 0 Å². The first-order chi connectivity index (χ1) is 9.25. The normalized spacial score (nSPS) is 22.1. The van der Waals surface area contributed by atoms with E-state index in [-0.39, 0.29) is 0 Å². The second-order valence-electron chi connectivity index (χ2n) is 5.06.